The van der Waals surface area contributed by atoms with Gasteiger partial charge >= 0.3 is 0 Å². The molecule has 20 heteroatoms. The monoisotopic (exact) mass is 1180 g/mol. The minimum Gasteiger partial charge on any atom is -0.370 e. The standard InChI is InChI=1S/C62H97N9O9S2/c1-61(2)53-48-51(81(74,75)76)30-32-55(53)68(39-20-13-17-28-59(72)65-36-23-38-67(5)6)57(61)26-15-12-16-27-58-62(3,4)54-49-52(82(77,78)79)31-33-56(54)69(58)40-21-14-18-29-60(73)66-37-25-42-70(7,8)41-22-11-10-19-34-63-50-64-35-24-43-71(9)44-46-80-47-45-71/h12,15-16,26-27,30-33,48-49H,10-11,13-14,17-25,28-29,34-47H2,1-9H3,(H-3,65,66,72,73,74,75,76,77,78,79)/p+3. The number of nitrogens with zero attached hydrogens (tertiary/aromatic N) is 7. The fourth-order valence-corrected chi connectivity index (χ4v) is 12.4. The van der Waals surface area contributed by atoms with Gasteiger partial charge in [-0.1, -0.05) is 44.9 Å². The lowest BCUT2D eigenvalue weighted by atomic mass is 9.81. The Morgan fingerprint density at radius 3 is 1.99 bits per heavy atom. The Morgan fingerprint density at radius 1 is 0.744 bits per heavy atom. The summed E-state index contributed by atoms with van der Waals surface area (Å²) in [5.74, 6) is 0.107. The third kappa shape index (κ3) is 21.3. The van der Waals surface area contributed by atoms with Crippen LogP contribution in [0.1, 0.15) is 135 Å². The van der Waals surface area contributed by atoms with Gasteiger partial charge in [0.1, 0.15) is 19.6 Å². The second-order valence-corrected chi connectivity index (χ2v) is 27.6. The van der Waals surface area contributed by atoms with Gasteiger partial charge < -0.3 is 34.1 Å². The summed E-state index contributed by atoms with van der Waals surface area (Å²) in [6.07, 6.45) is 22.9. The van der Waals surface area contributed by atoms with Gasteiger partial charge in [-0.25, -0.2) is 9.98 Å². The number of allylic oxidation sites excluding steroid dienone is 6. The molecule has 4 N–H and O–H groups in total. The molecule has 82 heavy (non-hydrogen) atoms. The molecule has 0 bridgehead atoms. The number of quaternary nitrogens is 2. The average molecular weight is 1180 g/mol. The van der Waals surface area contributed by atoms with E-state index >= 15 is 0 Å². The lowest BCUT2D eigenvalue weighted by molar-refractivity contribution is -0.916. The number of likely N-dealkylation sites (N-methyl/N-ethyl adjacent to an activating group) is 1. The van der Waals surface area contributed by atoms with E-state index in [9.17, 15) is 35.5 Å². The number of carbonyl (C=O) groups is 2. The Hall–Kier alpha value is -4.89. The molecule has 1 fully saturated rings. The van der Waals surface area contributed by atoms with Crippen LogP contribution in [0.3, 0.4) is 0 Å². The Balaban J connectivity index is 1.10. The second-order valence-electron chi connectivity index (χ2n) is 24.8. The van der Waals surface area contributed by atoms with Crippen molar-refractivity contribution in [3.05, 3.63) is 83.6 Å². The number of amides is 2. The molecule has 18 nitrogen and oxygen atoms in total. The van der Waals surface area contributed by atoms with E-state index < -0.39 is 31.1 Å². The zero-order valence-corrected chi connectivity index (χ0v) is 52.7. The summed E-state index contributed by atoms with van der Waals surface area (Å²) in [4.78, 5) is 38.1. The summed E-state index contributed by atoms with van der Waals surface area (Å²) in [5.41, 5.74) is 3.96. The van der Waals surface area contributed by atoms with E-state index in [0.717, 1.165) is 185 Å². The summed E-state index contributed by atoms with van der Waals surface area (Å²) in [6, 6.07) is 12.4. The largest absolute Gasteiger partial charge is 0.370 e. The van der Waals surface area contributed by atoms with Crippen LogP contribution in [0.5, 0.6) is 0 Å². The molecule has 3 aliphatic heterocycles. The van der Waals surface area contributed by atoms with Gasteiger partial charge in [0.05, 0.1) is 81.8 Å². The molecule has 3 heterocycles. The van der Waals surface area contributed by atoms with E-state index in [4.69, 9.17) is 4.74 Å². The molecule has 0 radical (unpaired) electrons. The van der Waals surface area contributed by atoms with Crippen LogP contribution in [0.15, 0.2) is 92.3 Å². The van der Waals surface area contributed by atoms with E-state index in [2.05, 4.69) is 62.1 Å². The SMILES string of the molecule is CN(C)CCCNC(=O)CCCCC[N+]1=C(/C=C/C=C/C=C2/N(CCCCCC(=O)NCCC[N+](C)(C)CCCCCCN=C=NCCC[N+]3(C)CCOCC3)c3ccc(S(=O)(=O)O)cc3C2(C)C)C(C)(C)c2cc(S(=O)(=O)O)ccc21. The molecule has 2 aromatic rings. The van der Waals surface area contributed by atoms with Gasteiger partial charge in [-0.2, -0.15) is 21.4 Å². The molecule has 0 spiro atoms. The van der Waals surface area contributed by atoms with Crippen molar-refractivity contribution in [1.29, 1.82) is 0 Å². The van der Waals surface area contributed by atoms with Gasteiger partial charge in [0.15, 0.2) is 5.71 Å². The molecule has 0 saturated carbocycles. The van der Waals surface area contributed by atoms with Crippen molar-refractivity contribution in [3.8, 4) is 0 Å². The predicted molar refractivity (Wildman–Crippen MR) is 329 cm³/mol. The summed E-state index contributed by atoms with van der Waals surface area (Å²) in [5, 5.41) is 6.14. The molecule has 0 unspecified atom stereocenters. The van der Waals surface area contributed by atoms with Crippen molar-refractivity contribution >= 4 is 55.1 Å². The summed E-state index contributed by atoms with van der Waals surface area (Å²) in [7, 11) is 1.96. The number of aliphatic imine (C=N–C) groups is 2. The summed E-state index contributed by atoms with van der Waals surface area (Å²) < 4.78 is 78.7. The normalized spacial score (nSPS) is 17.2. The zero-order chi connectivity index (χ0) is 60.0. The minimum absolute atomic E-state index is 0.0493. The molecule has 456 valence electrons. The summed E-state index contributed by atoms with van der Waals surface area (Å²) >= 11 is 0. The van der Waals surface area contributed by atoms with Crippen LogP contribution in [-0.4, -0.2) is 195 Å². The van der Waals surface area contributed by atoms with Crippen LogP contribution in [0.4, 0.5) is 11.4 Å². The molecule has 1 saturated heterocycles. The predicted octanol–water partition coefficient (Wildman–Crippen LogP) is 8.72. The molecular formula is C62H100N9O9S2+3. The number of rotatable bonds is 36. The van der Waals surface area contributed by atoms with E-state index in [1.54, 1.807) is 24.3 Å². The number of ether oxygens (including phenoxy) is 1. The van der Waals surface area contributed by atoms with Crippen LogP contribution in [-0.2, 0) is 45.4 Å². The Labute approximate surface area is 492 Å². The highest BCUT2D eigenvalue weighted by Crippen LogP contribution is 2.49. The number of carbonyl (C=O) groups excluding carboxylic acids is 2. The third-order valence-corrected chi connectivity index (χ3v) is 18.1. The molecule has 2 amide bonds. The first-order valence-corrected chi connectivity index (χ1v) is 32.8. The fourth-order valence-electron chi connectivity index (χ4n) is 11.4. The summed E-state index contributed by atoms with van der Waals surface area (Å²) in [6.45, 7) is 20.2. The average Bonchev–Trinajstić information content (AvgIpc) is 2.02. The smallest absolute Gasteiger partial charge is 0.294 e. The van der Waals surface area contributed by atoms with Gasteiger partial charge in [-0.3, -0.25) is 18.7 Å². The highest BCUT2D eigenvalue weighted by molar-refractivity contribution is 7.86. The van der Waals surface area contributed by atoms with Crippen molar-refractivity contribution in [2.24, 2.45) is 9.98 Å². The molecule has 0 aromatic heterocycles. The lowest BCUT2D eigenvalue weighted by Gasteiger charge is -2.37. The maximum Gasteiger partial charge on any atom is 0.294 e. The number of hydrogen-bond donors (Lipinski definition) is 4. The van der Waals surface area contributed by atoms with Crippen LogP contribution in [0, 0.1) is 0 Å². The van der Waals surface area contributed by atoms with E-state index in [0.29, 0.717) is 39.0 Å². The Kier molecular flexibility index (Phi) is 26.4. The second kappa shape index (κ2) is 31.8. The van der Waals surface area contributed by atoms with E-state index in [-0.39, 0.29) is 21.6 Å². The van der Waals surface area contributed by atoms with Crippen LogP contribution in [0.2, 0.25) is 0 Å². The van der Waals surface area contributed by atoms with E-state index in [1.807, 2.05) is 72.2 Å². The van der Waals surface area contributed by atoms with Gasteiger partial charge in [-0.15, -0.1) is 0 Å². The molecular weight excluding hydrogens is 1080 g/mol. The molecule has 5 rings (SSSR count). The fraction of sp³-hybridized carbons (Fsp3) is 0.645. The lowest BCUT2D eigenvalue weighted by Crippen LogP contribution is -2.52. The van der Waals surface area contributed by atoms with Crippen LogP contribution >= 0.6 is 0 Å². The zero-order valence-electron chi connectivity index (χ0n) is 51.1. The topological polar surface area (TPSA) is 210 Å². The number of fused-ring (bicyclic) bond motifs is 2. The number of hydrogen-bond acceptors (Lipinski definition) is 11. The maximum atomic E-state index is 12.9. The molecule has 3 aliphatic rings. The number of anilines is 1. The first-order chi connectivity index (χ1) is 38.7. The quantitative estimate of drug-likeness (QED) is 0.0127. The molecule has 0 atom stereocenters. The van der Waals surface area contributed by atoms with Crippen LogP contribution in [0.25, 0.3) is 0 Å². The van der Waals surface area contributed by atoms with Gasteiger partial charge in [0.2, 0.25) is 17.5 Å². The highest BCUT2D eigenvalue weighted by Gasteiger charge is 2.45. The van der Waals surface area contributed by atoms with Gasteiger partial charge in [0.25, 0.3) is 20.2 Å². The first-order valence-electron chi connectivity index (χ1n) is 30.0. The third-order valence-electron chi connectivity index (χ3n) is 16.4. The Morgan fingerprint density at radius 2 is 1.33 bits per heavy atom. The van der Waals surface area contributed by atoms with Crippen molar-refractivity contribution in [3.63, 3.8) is 0 Å². The number of benzene rings is 2. The maximum absolute atomic E-state index is 12.9. The molecule has 2 aromatic carbocycles. The Bertz CT molecular complexity index is 2860. The number of unbranched alkanes of at least 4 members (excludes halogenated alkanes) is 7. The molecule has 0 aliphatic carbocycles. The first kappa shape index (κ1) is 67.9. The number of morpholine rings is 1. The highest BCUT2D eigenvalue weighted by atomic mass is 32.2. The minimum atomic E-state index is -4.44. The van der Waals surface area contributed by atoms with Gasteiger partial charge in [-0.05, 0) is 128 Å². The van der Waals surface area contributed by atoms with Crippen molar-refractivity contribution < 1.29 is 53.8 Å². The van der Waals surface area contributed by atoms with Crippen LogP contribution < -0.4 is 15.5 Å². The van der Waals surface area contributed by atoms with Gasteiger partial charge in [0, 0.05) is 92.8 Å². The van der Waals surface area contributed by atoms with Crippen molar-refractivity contribution in [2.45, 2.75) is 145 Å². The van der Waals surface area contributed by atoms with Crippen molar-refractivity contribution in [2.75, 3.05) is 132 Å². The van der Waals surface area contributed by atoms with E-state index in [1.165, 1.54) is 18.6 Å². The number of nitrogens with one attached hydrogen (secondary N) is 2. The van der Waals surface area contributed by atoms with Crippen molar-refractivity contribution in [1.82, 2.24) is 15.5 Å².